The number of amides is 1. The summed E-state index contributed by atoms with van der Waals surface area (Å²) < 4.78 is 0. The maximum Gasteiger partial charge on any atom is 0.261 e. The summed E-state index contributed by atoms with van der Waals surface area (Å²) in [6.45, 7) is 0. The molecule has 4 nitrogen and oxygen atoms in total. The van der Waals surface area contributed by atoms with Gasteiger partial charge in [-0.25, -0.2) is 0 Å². The topological polar surface area (TPSA) is 58.2 Å². The van der Waals surface area contributed by atoms with Gasteiger partial charge in [-0.1, -0.05) is 18.2 Å². The molecule has 0 radical (unpaired) electrons. The first-order chi connectivity index (χ1) is 9.25. The highest BCUT2D eigenvalue weighted by Crippen LogP contribution is 2.29. The van der Waals surface area contributed by atoms with E-state index in [2.05, 4.69) is 10.6 Å². The van der Waals surface area contributed by atoms with E-state index in [1.807, 2.05) is 30.3 Å². The smallest absolute Gasteiger partial charge is 0.261 e. The van der Waals surface area contributed by atoms with Crippen LogP contribution in [0.5, 0.6) is 0 Å². The predicted octanol–water partition coefficient (Wildman–Crippen LogP) is 2.88. The third kappa shape index (κ3) is 2.15. The van der Waals surface area contributed by atoms with Crippen molar-refractivity contribution in [1.29, 1.82) is 0 Å². The first-order valence-electron chi connectivity index (χ1n) is 5.71. The molecule has 0 spiro atoms. The Morgan fingerprint density at radius 2 is 1.89 bits per heavy atom. The predicted molar refractivity (Wildman–Crippen MR) is 75.4 cm³/mol. The number of Topliss-reactive ketones (excluding diaryl/α,β-unsaturated/α-hetero) is 1. The summed E-state index contributed by atoms with van der Waals surface area (Å²) in [6.07, 6.45) is 1.45. The Balaban J connectivity index is 1.89. The molecule has 0 saturated carbocycles. The molecule has 2 N–H and O–H groups in total. The number of benzene rings is 1. The summed E-state index contributed by atoms with van der Waals surface area (Å²) >= 11 is 1.33. The van der Waals surface area contributed by atoms with E-state index in [9.17, 15) is 9.59 Å². The van der Waals surface area contributed by atoms with Crippen molar-refractivity contribution in [3.8, 4) is 0 Å². The summed E-state index contributed by atoms with van der Waals surface area (Å²) in [5.74, 6) is -0.614. The lowest BCUT2D eigenvalue weighted by atomic mass is 10.1. The zero-order valence-electron chi connectivity index (χ0n) is 9.84. The molecule has 2 heterocycles. The van der Waals surface area contributed by atoms with Gasteiger partial charge in [-0.2, -0.15) is 0 Å². The average molecular weight is 270 g/mol. The van der Waals surface area contributed by atoms with Gasteiger partial charge in [0.25, 0.3) is 5.91 Å². The molecule has 3 rings (SSSR count). The van der Waals surface area contributed by atoms with E-state index < -0.39 is 0 Å². The minimum Gasteiger partial charge on any atom is -0.361 e. The van der Waals surface area contributed by atoms with E-state index >= 15 is 0 Å². The van der Waals surface area contributed by atoms with Gasteiger partial charge < -0.3 is 10.6 Å². The van der Waals surface area contributed by atoms with E-state index in [4.69, 9.17) is 0 Å². The molecule has 0 unspecified atom stereocenters. The Morgan fingerprint density at radius 1 is 1.11 bits per heavy atom. The van der Waals surface area contributed by atoms with Crippen molar-refractivity contribution in [2.75, 3.05) is 10.6 Å². The standard InChI is InChI=1S/C14H10N2O2S/c17-12-10(8-15-9-4-2-1-3-5-9)14(18)16-11-6-7-19-13(11)12/h1-8,15H,(H,16,18). The van der Waals surface area contributed by atoms with Gasteiger partial charge in [0.2, 0.25) is 5.78 Å². The van der Waals surface area contributed by atoms with Crippen LogP contribution in [-0.4, -0.2) is 11.7 Å². The van der Waals surface area contributed by atoms with Gasteiger partial charge >= 0.3 is 0 Å². The highest BCUT2D eigenvalue weighted by atomic mass is 32.1. The second-order valence-corrected chi connectivity index (χ2v) is 4.93. The lowest BCUT2D eigenvalue weighted by molar-refractivity contribution is -0.112. The highest BCUT2D eigenvalue weighted by Gasteiger charge is 2.29. The number of anilines is 2. The second kappa shape index (κ2) is 4.70. The molecule has 0 saturated heterocycles. The number of thiophene rings is 1. The van der Waals surface area contributed by atoms with Crippen LogP contribution in [0.15, 0.2) is 53.6 Å². The van der Waals surface area contributed by atoms with Crippen molar-refractivity contribution in [2.45, 2.75) is 0 Å². The van der Waals surface area contributed by atoms with Crippen LogP contribution < -0.4 is 10.6 Å². The molecule has 0 atom stereocenters. The number of para-hydroxylation sites is 1. The average Bonchev–Trinajstić information content (AvgIpc) is 2.88. The van der Waals surface area contributed by atoms with Crippen LogP contribution in [0.25, 0.3) is 0 Å². The number of carbonyl (C=O) groups excluding carboxylic acids is 2. The van der Waals surface area contributed by atoms with Crippen molar-refractivity contribution in [1.82, 2.24) is 0 Å². The van der Waals surface area contributed by atoms with E-state index in [1.165, 1.54) is 17.5 Å². The largest absolute Gasteiger partial charge is 0.361 e. The molecule has 1 aliphatic heterocycles. The van der Waals surface area contributed by atoms with Crippen molar-refractivity contribution in [3.63, 3.8) is 0 Å². The molecule has 1 aromatic heterocycles. The Bertz CT molecular complexity index is 674. The number of carbonyl (C=O) groups is 2. The summed E-state index contributed by atoms with van der Waals surface area (Å²) in [6, 6.07) is 11.1. The molecule has 5 heteroatoms. The third-order valence-electron chi connectivity index (χ3n) is 2.77. The van der Waals surface area contributed by atoms with E-state index in [-0.39, 0.29) is 17.3 Å². The number of hydrogen-bond donors (Lipinski definition) is 2. The highest BCUT2D eigenvalue weighted by molar-refractivity contribution is 7.13. The van der Waals surface area contributed by atoms with Crippen LogP contribution in [0.3, 0.4) is 0 Å². The maximum atomic E-state index is 12.2. The van der Waals surface area contributed by atoms with Gasteiger partial charge in [-0.3, -0.25) is 9.59 Å². The monoisotopic (exact) mass is 270 g/mol. The molecule has 1 amide bonds. The lowest BCUT2D eigenvalue weighted by Crippen LogP contribution is -2.26. The number of nitrogens with one attached hydrogen (secondary N) is 2. The summed E-state index contributed by atoms with van der Waals surface area (Å²) in [5.41, 5.74) is 1.54. The van der Waals surface area contributed by atoms with Crippen LogP contribution in [-0.2, 0) is 4.79 Å². The fraction of sp³-hybridized carbons (Fsp3) is 0. The van der Waals surface area contributed by atoms with Gasteiger partial charge in [0.1, 0.15) is 5.57 Å². The zero-order valence-corrected chi connectivity index (χ0v) is 10.7. The molecule has 94 valence electrons. The normalized spacial score (nSPS) is 16.1. The number of ketones is 1. The molecule has 2 aromatic rings. The number of fused-ring (bicyclic) bond motifs is 1. The first kappa shape index (κ1) is 11.7. The SMILES string of the molecule is O=C1Nc2ccsc2C(=O)C1=CNc1ccccc1. The van der Waals surface area contributed by atoms with E-state index in [1.54, 1.807) is 11.4 Å². The molecule has 0 fully saturated rings. The summed E-state index contributed by atoms with van der Waals surface area (Å²) in [7, 11) is 0. The molecular formula is C14H10N2O2S. The number of hydrogen-bond acceptors (Lipinski definition) is 4. The summed E-state index contributed by atoms with van der Waals surface area (Å²) in [4.78, 5) is 24.6. The van der Waals surface area contributed by atoms with Gasteiger partial charge in [-0.05, 0) is 23.6 Å². The fourth-order valence-electron chi connectivity index (χ4n) is 1.82. The minimum absolute atomic E-state index is 0.124. The fourth-order valence-corrected chi connectivity index (χ4v) is 2.62. The van der Waals surface area contributed by atoms with Crippen LogP contribution in [0.1, 0.15) is 9.67 Å². The Labute approximate surface area is 113 Å². The third-order valence-corrected chi connectivity index (χ3v) is 3.68. The van der Waals surface area contributed by atoms with Gasteiger partial charge in [0, 0.05) is 11.9 Å². The van der Waals surface area contributed by atoms with Gasteiger partial charge in [0.15, 0.2) is 0 Å². The van der Waals surface area contributed by atoms with E-state index in [0.717, 1.165) is 5.69 Å². The summed E-state index contributed by atoms with van der Waals surface area (Å²) in [5, 5.41) is 7.45. The Morgan fingerprint density at radius 3 is 2.68 bits per heavy atom. The van der Waals surface area contributed by atoms with Crippen LogP contribution in [0.4, 0.5) is 11.4 Å². The van der Waals surface area contributed by atoms with Crippen molar-refractivity contribution in [3.05, 3.63) is 58.4 Å². The Kier molecular flexibility index (Phi) is 2.89. The lowest BCUT2D eigenvalue weighted by Gasteiger charge is -2.14. The molecule has 1 aliphatic rings. The quantitative estimate of drug-likeness (QED) is 0.651. The molecule has 0 aliphatic carbocycles. The van der Waals surface area contributed by atoms with Crippen molar-refractivity contribution in [2.24, 2.45) is 0 Å². The zero-order chi connectivity index (χ0) is 13.2. The van der Waals surface area contributed by atoms with Crippen LogP contribution in [0.2, 0.25) is 0 Å². The first-order valence-corrected chi connectivity index (χ1v) is 6.59. The molecular weight excluding hydrogens is 260 g/mol. The van der Waals surface area contributed by atoms with Crippen LogP contribution in [0, 0.1) is 0 Å². The molecule has 1 aromatic carbocycles. The van der Waals surface area contributed by atoms with Gasteiger partial charge in [0.05, 0.1) is 10.6 Å². The molecule has 0 bridgehead atoms. The Hall–Kier alpha value is -2.40. The van der Waals surface area contributed by atoms with Crippen molar-refractivity contribution < 1.29 is 9.59 Å². The number of rotatable bonds is 2. The van der Waals surface area contributed by atoms with E-state index in [0.29, 0.717) is 10.6 Å². The van der Waals surface area contributed by atoms with Gasteiger partial charge in [-0.15, -0.1) is 11.3 Å². The molecule has 19 heavy (non-hydrogen) atoms. The maximum absolute atomic E-state index is 12.2. The second-order valence-electron chi connectivity index (χ2n) is 4.02. The van der Waals surface area contributed by atoms with Crippen LogP contribution >= 0.6 is 11.3 Å². The minimum atomic E-state index is -0.376. The van der Waals surface area contributed by atoms with Crippen molar-refractivity contribution >= 4 is 34.4 Å².